The number of benzene rings is 1. The number of carbonyl (C=O) groups excluding carboxylic acids is 1. The molecule has 1 spiro atoms. The Labute approximate surface area is 164 Å². The van der Waals surface area contributed by atoms with E-state index in [4.69, 9.17) is 4.74 Å². The lowest BCUT2D eigenvalue weighted by molar-refractivity contribution is 0.0222. The molecule has 1 aromatic rings. The van der Waals surface area contributed by atoms with Crippen LogP contribution in [0.5, 0.6) is 11.5 Å². The molecule has 0 aromatic heterocycles. The number of aromatic hydroxyl groups is 1. The summed E-state index contributed by atoms with van der Waals surface area (Å²) in [5.74, 6) is 0.515. The third-order valence-corrected chi connectivity index (χ3v) is 7.26. The molecule has 1 N–H and O–H groups in total. The SMILES string of the molecule is C=C1C(Br)=C(Br)C2(Oc3c(ccc(O)c3CCCCCC)C2=O)N1C. The highest BCUT2D eigenvalue weighted by molar-refractivity contribution is 9.14. The van der Waals surface area contributed by atoms with Crippen molar-refractivity contribution in [3.63, 3.8) is 0 Å². The second-order valence-electron chi connectivity index (χ2n) is 6.46. The van der Waals surface area contributed by atoms with Gasteiger partial charge in [0.1, 0.15) is 11.5 Å². The lowest BCUT2D eigenvalue weighted by Gasteiger charge is -2.32. The van der Waals surface area contributed by atoms with Gasteiger partial charge < -0.3 is 14.7 Å². The summed E-state index contributed by atoms with van der Waals surface area (Å²) in [7, 11) is 1.78. The maximum atomic E-state index is 13.2. The van der Waals surface area contributed by atoms with Crippen molar-refractivity contribution in [1.29, 1.82) is 0 Å². The zero-order valence-electron chi connectivity index (χ0n) is 14.4. The Bertz CT molecular complexity index is 787. The molecule has 4 nitrogen and oxygen atoms in total. The smallest absolute Gasteiger partial charge is 0.281 e. The van der Waals surface area contributed by atoms with E-state index >= 15 is 0 Å². The van der Waals surface area contributed by atoms with E-state index in [9.17, 15) is 9.90 Å². The Kier molecular flexibility index (Phi) is 5.04. The van der Waals surface area contributed by atoms with Crippen molar-refractivity contribution in [1.82, 2.24) is 4.90 Å². The van der Waals surface area contributed by atoms with Crippen LogP contribution in [0.4, 0.5) is 0 Å². The van der Waals surface area contributed by atoms with E-state index in [1.807, 2.05) is 0 Å². The molecule has 1 atom stereocenters. The van der Waals surface area contributed by atoms with Crippen LogP contribution in [-0.2, 0) is 6.42 Å². The maximum absolute atomic E-state index is 13.2. The third-order valence-electron chi connectivity index (χ3n) is 4.94. The van der Waals surface area contributed by atoms with Gasteiger partial charge in [-0.05, 0) is 56.8 Å². The molecule has 0 fully saturated rings. The summed E-state index contributed by atoms with van der Waals surface area (Å²) >= 11 is 6.97. The van der Waals surface area contributed by atoms with E-state index in [1.165, 1.54) is 0 Å². The van der Waals surface area contributed by atoms with Crippen molar-refractivity contribution in [2.24, 2.45) is 0 Å². The van der Waals surface area contributed by atoms with Gasteiger partial charge in [0.15, 0.2) is 0 Å². The van der Waals surface area contributed by atoms with E-state index < -0.39 is 5.72 Å². The molecular weight excluding hydrogens is 450 g/mol. The highest BCUT2D eigenvalue weighted by atomic mass is 79.9. The summed E-state index contributed by atoms with van der Waals surface area (Å²) in [5, 5.41) is 10.3. The zero-order chi connectivity index (χ0) is 18.4. The number of ether oxygens (including phenoxy) is 1. The van der Waals surface area contributed by atoms with Crippen LogP contribution in [-0.4, -0.2) is 28.6 Å². The van der Waals surface area contributed by atoms with Gasteiger partial charge in [-0.2, -0.15) is 0 Å². The normalized spacial score (nSPS) is 22.2. The molecular formula is C19H21Br2NO3. The predicted octanol–water partition coefficient (Wildman–Crippen LogP) is 5.25. The molecule has 0 radical (unpaired) electrons. The fourth-order valence-corrected chi connectivity index (χ4v) is 4.68. The molecule has 0 amide bonds. The first-order valence-corrected chi connectivity index (χ1v) is 10.0. The van der Waals surface area contributed by atoms with Crippen LogP contribution in [0.2, 0.25) is 0 Å². The third kappa shape index (κ3) is 2.65. The molecule has 1 aromatic carbocycles. The summed E-state index contributed by atoms with van der Waals surface area (Å²) in [6.45, 7) is 6.16. The monoisotopic (exact) mass is 469 g/mol. The lowest BCUT2D eigenvalue weighted by atomic mass is 9.98. The number of halogens is 2. The average Bonchev–Trinajstić information content (AvgIpc) is 2.98. The van der Waals surface area contributed by atoms with Gasteiger partial charge in [-0.1, -0.05) is 32.8 Å². The van der Waals surface area contributed by atoms with Gasteiger partial charge in [0, 0.05) is 18.3 Å². The van der Waals surface area contributed by atoms with E-state index in [0.717, 1.165) is 25.7 Å². The molecule has 2 heterocycles. The predicted molar refractivity (Wildman–Crippen MR) is 105 cm³/mol. The Morgan fingerprint density at radius 1 is 1.28 bits per heavy atom. The molecule has 0 saturated heterocycles. The highest BCUT2D eigenvalue weighted by Gasteiger charge is 2.59. The summed E-state index contributed by atoms with van der Waals surface area (Å²) in [6.07, 6.45) is 5.03. The van der Waals surface area contributed by atoms with Crippen molar-refractivity contribution in [3.8, 4) is 11.5 Å². The molecule has 3 rings (SSSR count). The van der Waals surface area contributed by atoms with Crippen molar-refractivity contribution >= 4 is 37.6 Å². The Morgan fingerprint density at radius 3 is 2.60 bits per heavy atom. The summed E-state index contributed by atoms with van der Waals surface area (Å²) < 4.78 is 7.54. The average molecular weight is 471 g/mol. The van der Waals surface area contributed by atoms with Gasteiger partial charge in [0.2, 0.25) is 5.78 Å². The maximum Gasteiger partial charge on any atom is 0.281 e. The quantitative estimate of drug-likeness (QED) is 0.597. The number of rotatable bonds is 5. The van der Waals surface area contributed by atoms with Crippen molar-refractivity contribution < 1.29 is 14.6 Å². The number of likely N-dealkylation sites (N-methyl/N-ethyl adjacent to an activating group) is 1. The highest BCUT2D eigenvalue weighted by Crippen LogP contribution is 2.53. The molecule has 0 aliphatic carbocycles. The van der Waals surface area contributed by atoms with Gasteiger partial charge in [-0.25, -0.2) is 0 Å². The number of hydrogen-bond acceptors (Lipinski definition) is 4. The van der Waals surface area contributed by atoms with E-state index in [2.05, 4.69) is 45.4 Å². The van der Waals surface area contributed by atoms with Crippen LogP contribution in [0.25, 0.3) is 0 Å². The van der Waals surface area contributed by atoms with Gasteiger partial charge in [-0.3, -0.25) is 4.79 Å². The minimum atomic E-state index is -1.27. The number of nitrogens with zero attached hydrogens (tertiary/aromatic N) is 1. The summed E-state index contributed by atoms with van der Waals surface area (Å²) in [5.41, 5.74) is 0.606. The molecule has 2 aliphatic rings. The lowest BCUT2D eigenvalue weighted by Crippen LogP contribution is -2.50. The zero-order valence-corrected chi connectivity index (χ0v) is 17.5. The molecule has 6 heteroatoms. The second-order valence-corrected chi connectivity index (χ2v) is 8.05. The second kappa shape index (κ2) is 6.80. The molecule has 2 aliphatic heterocycles. The first kappa shape index (κ1) is 18.5. The minimum absolute atomic E-state index is 0.151. The van der Waals surface area contributed by atoms with Crippen molar-refractivity contribution in [2.45, 2.75) is 44.8 Å². The summed E-state index contributed by atoms with van der Waals surface area (Å²) in [4.78, 5) is 14.9. The van der Waals surface area contributed by atoms with Gasteiger partial charge in [0.05, 0.1) is 14.5 Å². The number of Topliss-reactive ketones (excluding diaryl/α,β-unsaturated/α-hetero) is 1. The van der Waals surface area contributed by atoms with Gasteiger partial charge in [0.25, 0.3) is 5.72 Å². The molecule has 0 saturated carbocycles. The van der Waals surface area contributed by atoms with Crippen LogP contribution in [0, 0.1) is 0 Å². The Balaban J connectivity index is 2.01. The molecule has 134 valence electrons. The molecule has 1 unspecified atom stereocenters. The topological polar surface area (TPSA) is 49.8 Å². The van der Waals surface area contributed by atoms with E-state index in [1.54, 1.807) is 24.1 Å². The number of carbonyl (C=O) groups is 1. The molecule has 25 heavy (non-hydrogen) atoms. The number of fused-ring (bicyclic) bond motifs is 1. The van der Waals surface area contributed by atoms with Crippen molar-refractivity contribution in [2.75, 3.05) is 7.05 Å². The number of ketones is 1. The standard InChI is InChI=1S/C19H21Br2NO3/c1-4-5-6-7-8-12-14(23)10-9-13-16(12)25-19(18(13)24)17(21)15(20)11(2)22(19)3/h9-10,23H,2,4-8H2,1,3H3. The van der Waals surface area contributed by atoms with E-state index in [0.29, 0.717) is 38.0 Å². The first-order chi connectivity index (χ1) is 11.9. The van der Waals surface area contributed by atoms with Crippen molar-refractivity contribution in [3.05, 3.63) is 44.5 Å². The minimum Gasteiger partial charge on any atom is -0.508 e. The first-order valence-electron chi connectivity index (χ1n) is 8.43. The largest absolute Gasteiger partial charge is 0.508 e. The molecule has 0 bridgehead atoms. The van der Waals surface area contributed by atoms with Crippen LogP contribution in [0.15, 0.2) is 33.4 Å². The Hall–Kier alpha value is -1.27. The Morgan fingerprint density at radius 2 is 2.00 bits per heavy atom. The number of phenols is 1. The van der Waals surface area contributed by atoms with Crippen LogP contribution >= 0.6 is 31.9 Å². The number of unbranched alkanes of at least 4 members (excludes halogenated alkanes) is 3. The van der Waals surface area contributed by atoms with Crippen LogP contribution < -0.4 is 4.74 Å². The fraction of sp³-hybridized carbons (Fsp3) is 0.421. The fourth-order valence-electron chi connectivity index (χ4n) is 3.38. The summed E-state index contributed by atoms with van der Waals surface area (Å²) in [6, 6.07) is 3.23. The van der Waals surface area contributed by atoms with Gasteiger partial charge >= 0.3 is 0 Å². The van der Waals surface area contributed by atoms with Crippen LogP contribution in [0.1, 0.15) is 48.5 Å². The van der Waals surface area contributed by atoms with Gasteiger partial charge in [-0.15, -0.1) is 0 Å². The number of allylic oxidation sites excluding steroid dienone is 1. The van der Waals surface area contributed by atoms with E-state index in [-0.39, 0.29) is 11.5 Å². The van der Waals surface area contributed by atoms with Crippen LogP contribution in [0.3, 0.4) is 0 Å². The number of hydrogen-bond donors (Lipinski definition) is 1. The number of phenolic OH excluding ortho intramolecular Hbond substituents is 1.